The lowest BCUT2D eigenvalue weighted by molar-refractivity contribution is -0.883. The third-order valence-electron chi connectivity index (χ3n) is 10.1. The lowest BCUT2D eigenvalue weighted by atomic mass is 10.0. The van der Waals surface area contributed by atoms with E-state index in [9.17, 15) is 29.1 Å². The molecule has 0 saturated heterocycles. The minimum absolute atomic E-state index is 0. The zero-order valence-electron chi connectivity index (χ0n) is 39.2. The van der Waals surface area contributed by atoms with Crippen molar-refractivity contribution in [3.8, 4) is 0 Å². The number of halogens is 2. The summed E-state index contributed by atoms with van der Waals surface area (Å²) in [6.07, 6.45) is 22.1. The van der Waals surface area contributed by atoms with Gasteiger partial charge in [0.05, 0.1) is 26.7 Å². The normalized spacial score (nSPS) is 13.0. The van der Waals surface area contributed by atoms with Crippen molar-refractivity contribution in [3.05, 3.63) is 12.2 Å². The molecular formula is C46H85Cl2N2O11-. The maximum absolute atomic E-state index is 12.8. The average Bonchev–Trinajstić information content (AvgIpc) is 3.15. The molecule has 2 N–H and O–H groups in total. The second kappa shape index (κ2) is 39.2. The number of likely N-dealkylation sites (N-methyl/N-ethyl adjacent to an activating group) is 1. The van der Waals surface area contributed by atoms with Crippen molar-refractivity contribution in [1.29, 1.82) is 0 Å². The Morgan fingerprint density at radius 1 is 0.656 bits per heavy atom. The quantitative estimate of drug-likeness (QED) is 0.0233. The van der Waals surface area contributed by atoms with E-state index in [2.05, 4.69) is 25.2 Å². The zero-order valence-corrected chi connectivity index (χ0v) is 40.7. The molecule has 0 bridgehead atoms. The number of unbranched alkanes of at least 4 members (excludes halogenated alkanes) is 15. The fourth-order valence-corrected chi connectivity index (χ4v) is 6.37. The number of carbonyl (C=O) groups is 5. The van der Waals surface area contributed by atoms with E-state index in [0.29, 0.717) is 36.7 Å². The Balaban J connectivity index is -0.0000168. The maximum Gasteiger partial charge on any atom is 0.362 e. The van der Waals surface area contributed by atoms with Crippen LogP contribution in [0.3, 0.4) is 0 Å². The number of hydrogen-bond donors (Lipinski definition) is 2. The molecule has 3 unspecified atom stereocenters. The van der Waals surface area contributed by atoms with Gasteiger partial charge in [-0.1, -0.05) is 109 Å². The minimum atomic E-state index is -0.932. The lowest BCUT2D eigenvalue weighted by Crippen LogP contribution is -3.00. The number of aliphatic hydroxyl groups is 1. The first-order valence-electron chi connectivity index (χ1n) is 22.8. The smallest absolute Gasteiger partial charge is 0.362 e. The molecular weight excluding hydrogens is 827 g/mol. The van der Waals surface area contributed by atoms with Crippen LogP contribution in [0, 0.1) is 0 Å². The van der Waals surface area contributed by atoms with Crippen LogP contribution in [0.25, 0.3) is 0 Å². The van der Waals surface area contributed by atoms with Gasteiger partial charge in [-0.05, 0) is 58.8 Å². The largest absolute Gasteiger partial charge is 1.00 e. The van der Waals surface area contributed by atoms with Crippen LogP contribution < -0.4 is 30.1 Å². The summed E-state index contributed by atoms with van der Waals surface area (Å²) in [5.41, 5.74) is -0.629. The molecule has 13 nitrogen and oxygen atoms in total. The molecule has 0 rings (SSSR count). The highest BCUT2D eigenvalue weighted by atomic mass is 35.5. The molecule has 0 radical (unpaired) electrons. The number of ether oxygens (including phenoxy) is 5. The van der Waals surface area contributed by atoms with E-state index in [0.717, 1.165) is 70.6 Å². The average molecular weight is 913 g/mol. The van der Waals surface area contributed by atoms with E-state index in [1.165, 1.54) is 52.4 Å². The summed E-state index contributed by atoms with van der Waals surface area (Å²) in [5.74, 6) is -2.03. The predicted molar refractivity (Wildman–Crippen MR) is 231 cm³/mol. The highest BCUT2D eigenvalue weighted by Gasteiger charge is 2.28. The van der Waals surface area contributed by atoms with Crippen LogP contribution >= 0.6 is 0 Å². The number of nitrogens with zero attached hydrogens (tertiary/aromatic N) is 1. The summed E-state index contributed by atoms with van der Waals surface area (Å²) in [6, 6.07) is 0. The van der Waals surface area contributed by atoms with Crippen LogP contribution in [0.4, 0.5) is 0 Å². The van der Waals surface area contributed by atoms with Crippen molar-refractivity contribution in [2.45, 2.75) is 207 Å². The van der Waals surface area contributed by atoms with Crippen LogP contribution in [0.15, 0.2) is 12.2 Å². The number of allylic oxidation sites excluding steroid dienone is 1. The molecule has 0 aliphatic rings. The first-order valence-corrected chi connectivity index (χ1v) is 22.8. The van der Waals surface area contributed by atoms with Gasteiger partial charge in [-0.3, -0.25) is 24.5 Å². The van der Waals surface area contributed by atoms with E-state index in [1.807, 2.05) is 34.0 Å². The second-order valence-corrected chi connectivity index (χ2v) is 17.3. The highest BCUT2D eigenvalue weighted by molar-refractivity contribution is 5.73. The standard InChI is InChI=1S/C46H85N2O11.2ClH/c1-9-11-13-14-15-16-21-24-28-32-45(59-43(53)35-47-46(5,6)37-56-39(4)50)58-42(52)31-27-23-20-18-17-19-22-26-29-40(51)41(30-25-12-10-2)57-44(54)36-48(7,8)33-34-55-38(3)49;;/h22,26,40-41,45,47,51H,9-21,23-25,27-37H2,1-8H3;2*1H/q+1;;/p-2. The van der Waals surface area contributed by atoms with Gasteiger partial charge >= 0.3 is 29.8 Å². The molecule has 15 heteroatoms. The summed E-state index contributed by atoms with van der Waals surface area (Å²) in [4.78, 5) is 60.6. The van der Waals surface area contributed by atoms with Crippen molar-refractivity contribution < 1.29 is 82.1 Å². The molecule has 0 fully saturated rings. The summed E-state index contributed by atoms with van der Waals surface area (Å²) in [5, 5.41) is 14.0. The molecule has 0 spiro atoms. The van der Waals surface area contributed by atoms with Crippen molar-refractivity contribution in [1.82, 2.24) is 5.32 Å². The van der Waals surface area contributed by atoms with Gasteiger partial charge in [-0.15, -0.1) is 0 Å². The Kier molecular flexibility index (Phi) is 40.3. The molecule has 3 atom stereocenters. The Morgan fingerprint density at radius 3 is 1.79 bits per heavy atom. The Labute approximate surface area is 381 Å². The maximum atomic E-state index is 12.8. The van der Waals surface area contributed by atoms with E-state index in [4.69, 9.17) is 23.7 Å². The van der Waals surface area contributed by atoms with Gasteiger partial charge in [0.1, 0.15) is 25.9 Å². The van der Waals surface area contributed by atoms with Gasteiger partial charge in [0.2, 0.25) is 6.29 Å². The number of nitrogens with one attached hydrogen (secondary N) is 1. The van der Waals surface area contributed by atoms with Gasteiger partial charge in [0.25, 0.3) is 0 Å². The van der Waals surface area contributed by atoms with Crippen LogP contribution in [0.2, 0.25) is 0 Å². The Morgan fingerprint density at radius 2 is 1.18 bits per heavy atom. The zero-order chi connectivity index (χ0) is 44.4. The first-order chi connectivity index (χ1) is 28.0. The fourth-order valence-electron chi connectivity index (χ4n) is 6.37. The van der Waals surface area contributed by atoms with E-state index >= 15 is 0 Å². The molecule has 0 saturated carbocycles. The number of esters is 5. The van der Waals surface area contributed by atoms with Crippen LogP contribution in [0.5, 0.6) is 0 Å². The van der Waals surface area contributed by atoms with E-state index in [-0.39, 0.29) is 75.4 Å². The van der Waals surface area contributed by atoms with E-state index in [1.54, 1.807) is 0 Å². The molecule has 0 aliphatic carbocycles. The molecule has 0 amide bonds. The molecule has 0 aromatic carbocycles. The topological polar surface area (TPSA) is 164 Å². The third kappa shape index (κ3) is 40.1. The molecule has 0 aromatic rings. The minimum Gasteiger partial charge on any atom is -1.00 e. The Hall–Kier alpha value is -2.45. The Bertz CT molecular complexity index is 1190. The number of carbonyl (C=O) groups excluding carboxylic acids is 5. The second-order valence-electron chi connectivity index (χ2n) is 17.3. The summed E-state index contributed by atoms with van der Waals surface area (Å²) < 4.78 is 27.4. The molecule has 0 aromatic heterocycles. The van der Waals surface area contributed by atoms with Crippen molar-refractivity contribution in [3.63, 3.8) is 0 Å². The van der Waals surface area contributed by atoms with Gasteiger partial charge in [0.15, 0.2) is 6.54 Å². The number of aliphatic hydroxyl groups excluding tert-OH is 1. The molecule has 360 valence electrons. The summed E-state index contributed by atoms with van der Waals surface area (Å²) in [7, 11) is 3.75. The molecule has 0 heterocycles. The van der Waals surface area contributed by atoms with Crippen molar-refractivity contribution in [2.75, 3.05) is 46.9 Å². The number of hydrogen-bond acceptors (Lipinski definition) is 12. The summed E-state index contributed by atoms with van der Waals surface area (Å²) >= 11 is 0. The van der Waals surface area contributed by atoms with E-state index < -0.39 is 36.0 Å². The molecule has 61 heavy (non-hydrogen) atoms. The number of quaternary nitrogens is 1. The van der Waals surface area contributed by atoms with Crippen LogP contribution in [0.1, 0.15) is 183 Å². The van der Waals surface area contributed by atoms with Gasteiger partial charge < -0.3 is 58.1 Å². The predicted octanol–water partition coefficient (Wildman–Crippen LogP) is 2.43. The lowest BCUT2D eigenvalue weighted by Gasteiger charge is -2.30. The van der Waals surface area contributed by atoms with Crippen LogP contribution in [-0.2, 0) is 47.7 Å². The van der Waals surface area contributed by atoms with Crippen molar-refractivity contribution >= 4 is 29.8 Å². The van der Waals surface area contributed by atoms with Crippen molar-refractivity contribution in [2.24, 2.45) is 0 Å². The number of rotatable bonds is 38. The first kappa shape index (κ1) is 62.8. The third-order valence-corrected chi connectivity index (χ3v) is 10.1. The van der Waals surface area contributed by atoms with Gasteiger partial charge in [-0.25, -0.2) is 4.79 Å². The monoisotopic (exact) mass is 912 g/mol. The van der Waals surface area contributed by atoms with Crippen LogP contribution in [-0.4, -0.2) is 110 Å². The molecule has 0 aliphatic heterocycles. The van der Waals surface area contributed by atoms with Gasteiger partial charge in [0, 0.05) is 32.2 Å². The highest BCUT2D eigenvalue weighted by Crippen LogP contribution is 2.17. The summed E-state index contributed by atoms with van der Waals surface area (Å²) in [6.45, 7) is 11.5. The SMILES string of the molecule is CCCCCCCCCCCC(OC(=O)CCCCCCCC=CCC(O)C(CCCCC)OC(=O)C[N+](C)(C)CCOC(C)=O)OC(=O)CNC(C)(C)COC(C)=O.[Cl-].[Cl-]. The fraction of sp³-hybridized carbons (Fsp3) is 0.848. The van der Waals surface area contributed by atoms with Gasteiger partial charge in [-0.2, -0.15) is 0 Å².